The summed E-state index contributed by atoms with van der Waals surface area (Å²) < 4.78 is 23.6. The molecule has 0 amide bonds. The van der Waals surface area contributed by atoms with E-state index in [4.69, 9.17) is 18.9 Å². The van der Waals surface area contributed by atoms with Crippen molar-refractivity contribution in [2.24, 2.45) is 0 Å². The molecular weight excluding hydrogens is 360 g/mol. The van der Waals surface area contributed by atoms with Crippen molar-refractivity contribution in [1.82, 2.24) is 0 Å². The van der Waals surface area contributed by atoms with E-state index in [1.807, 2.05) is 42.5 Å². The van der Waals surface area contributed by atoms with Crippen LogP contribution in [-0.2, 0) is 16.1 Å². The highest BCUT2D eigenvalue weighted by Gasteiger charge is 2.22. The fraction of sp³-hybridized carbons (Fsp3) is 0.333. The van der Waals surface area contributed by atoms with Gasteiger partial charge in [0.2, 0.25) is 0 Å². The van der Waals surface area contributed by atoms with Gasteiger partial charge in [0.15, 0.2) is 17.8 Å². The first-order valence-corrected chi connectivity index (χ1v) is 8.34. The normalized spacial score (nSPS) is 15.4. The third-order valence-electron chi connectivity index (χ3n) is 3.60. The Balaban J connectivity index is 1.82. The lowest BCUT2D eigenvalue weighted by Crippen LogP contribution is -2.18. The van der Waals surface area contributed by atoms with Crippen LogP contribution in [0.25, 0.3) is 0 Å². The Bertz CT molecular complexity index is 639. The molecule has 0 radical (unpaired) electrons. The predicted molar refractivity (Wildman–Crippen MR) is 90.7 cm³/mol. The van der Waals surface area contributed by atoms with Crippen LogP contribution in [0.4, 0.5) is 0 Å². The van der Waals surface area contributed by atoms with Gasteiger partial charge in [0.25, 0.3) is 0 Å². The number of halogens is 1. The van der Waals surface area contributed by atoms with E-state index < -0.39 is 0 Å². The Morgan fingerprint density at radius 2 is 1.83 bits per heavy atom. The van der Waals surface area contributed by atoms with Gasteiger partial charge >= 0.3 is 0 Å². The molecule has 0 aliphatic carbocycles. The van der Waals surface area contributed by atoms with E-state index in [1.165, 1.54) is 0 Å². The third kappa shape index (κ3) is 4.05. The average Bonchev–Trinajstić information content (AvgIpc) is 2.62. The highest BCUT2D eigenvalue weighted by Crippen LogP contribution is 2.38. The van der Waals surface area contributed by atoms with Gasteiger partial charge in [-0.1, -0.05) is 46.3 Å². The van der Waals surface area contributed by atoms with Crippen LogP contribution in [0.15, 0.2) is 46.9 Å². The van der Waals surface area contributed by atoms with E-state index >= 15 is 0 Å². The summed E-state index contributed by atoms with van der Waals surface area (Å²) in [6.07, 6.45) is 0.546. The molecule has 0 unspecified atom stereocenters. The smallest absolute Gasteiger partial charge is 0.185 e. The highest BCUT2D eigenvalue weighted by atomic mass is 79.9. The van der Waals surface area contributed by atoms with Crippen LogP contribution in [0, 0.1) is 0 Å². The summed E-state index contributed by atoms with van der Waals surface area (Å²) in [5, 5.41) is 0. The lowest BCUT2D eigenvalue weighted by atomic mass is 10.1. The number of methoxy groups -OCH3 is 1. The van der Waals surface area contributed by atoms with Gasteiger partial charge in [-0.3, -0.25) is 0 Å². The average molecular weight is 379 g/mol. The van der Waals surface area contributed by atoms with Crippen molar-refractivity contribution in [3.63, 3.8) is 0 Å². The quantitative estimate of drug-likeness (QED) is 0.768. The van der Waals surface area contributed by atoms with Crippen molar-refractivity contribution in [2.75, 3.05) is 20.3 Å². The first-order chi connectivity index (χ1) is 11.3. The molecule has 1 aliphatic rings. The van der Waals surface area contributed by atoms with Crippen LogP contribution in [-0.4, -0.2) is 20.3 Å². The fourth-order valence-electron chi connectivity index (χ4n) is 2.41. The Hall–Kier alpha value is -1.56. The van der Waals surface area contributed by atoms with E-state index in [9.17, 15) is 0 Å². The van der Waals surface area contributed by atoms with Crippen LogP contribution in [0.2, 0.25) is 0 Å². The Morgan fingerprint density at radius 3 is 2.52 bits per heavy atom. The zero-order chi connectivity index (χ0) is 16.1. The molecule has 3 rings (SSSR count). The van der Waals surface area contributed by atoms with Crippen molar-refractivity contribution in [3.05, 3.63) is 58.1 Å². The van der Waals surface area contributed by atoms with E-state index in [2.05, 4.69) is 15.9 Å². The molecule has 0 spiro atoms. The minimum Gasteiger partial charge on any atom is -0.493 e. The monoisotopic (exact) mass is 378 g/mol. The molecule has 0 bridgehead atoms. The zero-order valence-electron chi connectivity index (χ0n) is 13.0. The Kier molecular flexibility index (Phi) is 5.54. The summed E-state index contributed by atoms with van der Waals surface area (Å²) in [5.41, 5.74) is 2.01. The van der Waals surface area contributed by atoms with Crippen LogP contribution >= 0.6 is 15.9 Å². The summed E-state index contributed by atoms with van der Waals surface area (Å²) in [4.78, 5) is 0. The van der Waals surface area contributed by atoms with E-state index in [0.29, 0.717) is 31.3 Å². The van der Waals surface area contributed by atoms with Gasteiger partial charge in [-0.05, 0) is 24.1 Å². The molecule has 2 aromatic carbocycles. The molecule has 0 aromatic heterocycles. The van der Waals surface area contributed by atoms with Gasteiger partial charge in [-0.2, -0.15) is 0 Å². The second-order valence-electron chi connectivity index (χ2n) is 5.23. The van der Waals surface area contributed by atoms with Crippen molar-refractivity contribution in [2.45, 2.75) is 19.3 Å². The molecule has 1 heterocycles. The first kappa shape index (κ1) is 16.3. The maximum absolute atomic E-state index is 5.94. The number of hydrogen-bond donors (Lipinski definition) is 0. The van der Waals surface area contributed by atoms with Crippen molar-refractivity contribution < 1.29 is 18.9 Å². The lowest BCUT2D eigenvalue weighted by molar-refractivity contribution is -0.183. The number of benzene rings is 2. The van der Waals surface area contributed by atoms with Gasteiger partial charge in [0.05, 0.1) is 20.3 Å². The van der Waals surface area contributed by atoms with Gasteiger partial charge in [-0.25, -0.2) is 0 Å². The molecule has 23 heavy (non-hydrogen) atoms. The maximum atomic E-state index is 5.94. The van der Waals surface area contributed by atoms with Crippen LogP contribution < -0.4 is 9.47 Å². The number of hydrogen-bond acceptors (Lipinski definition) is 4. The second kappa shape index (κ2) is 7.81. The van der Waals surface area contributed by atoms with E-state index in [1.54, 1.807) is 7.11 Å². The predicted octanol–water partition coefficient (Wildman–Crippen LogP) is 4.47. The molecule has 0 N–H and O–H groups in total. The second-order valence-corrected chi connectivity index (χ2v) is 6.08. The summed E-state index contributed by atoms with van der Waals surface area (Å²) in [6.45, 7) is 1.87. The Labute approximate surface area is 144 Å². The molecular formula is C18H19BrO4. The van der Waals surface area contributed by atoms with Crippen LogP contribution in [0.1, 0.15) is 23.8 Å². The highest BCUT2D eigenvalue weighted by molar-refractivity contribution is 9.10. The lowest BCUT2D eigenvalue weighted by Gasteiger charge is -2.25. The SMILES string of the molecule is COc1cc(Br)c(C2OCCCO2)cc1OCc1ccccc1. The topological polar surface area (TPSA) is 36.9 Å². The standard InChI is InChI=1S/C18H19BrO4/c1-20-16-11-15(19)14(18-21-8-5-9-22-18)10-17(16)23-12-13-6-3-2-4-7-13/h2-4,6-7,10-11,18H,5,8-9,12H2,1H3. The zero-order valence-corrected chi connectivity index (χ0v) is 14.5. The van der Waals surface area contributed by atoms with Crippen molar-refractivity contribution >= 4 is 15.9 Å². The van der Waals surface area contributed by atoms with Crippen molar-refractivity contribution in [3.8, 4) is 11.5 Å². The first-order valence-electron chi connectivity index (χ1n) is 7.55. The maximum Gasteiger partial charge on any atom is 0.185 e. The molecule has 1 fully saturated rings. The fourth-order valence-corrected chi connectivity index (χ4v) is 2.92. The minimum absolute atomic E-state index is 0.372. The minimum atomic E-state index is -0.372. The summed E-state index contributed by atoms with van der Waals surface area (Å²) in [6, 6.07) is 13.8. The number of ether oxygens (including phenoxy) is 4. The van der Waals surface area contributed by atoms with Gasteiger partial charge in [0.1, 0.15) is 6.61 Å². The van der Waals surface area contributed by atoms with Crippen LogP contribution in [0.3, 0.4) is 0 Å². The molecule has 5 heteroatoms. The van der Waals surface area contributed by atoms with Crippen LogP contribution in [0.5, 0.6) is 11.5 Å². The molecule has 2 aromatic rings. The molecule has 1 saturated heterocycles. The van der Waals surface area contributed by atoms with Crippen molar-refractivity contribution in [1.29, 1.82) is 0 Å². The van der Waals surface area contributed by atoms with Gasteiger partial charge in [0, 0.05) is 10.0 Å². The number of rotatable bonds is 5. The molecule has 4 nitrogen and oxygen atoms in total. The largest absolute Gasteiger partial charge is 0.493 e. The molecule has 0 saturated carbocycles. The summed E-state index contributed by atoms with van der Waals surface area (Å²) in [7, 11) is 1.63. The van der Waals surface area contributed by atoms with Gasteiger partial charge in [-0.15, -0.1) is 0 Å². The summed E-state index contributed by atoms with van der Waals surface area (Å²) in [5.74, 6) is 1.35. The molecule has 0 atom stereocenters. The van der Waals surface area contributed by atoms with Gasteiger partial charge < -0.3 is 18.9 Å². The van der Waals surface area contributed by atoms with E-state index in [0.717, 1.165) is 22.0 Å². The van der Waals surface area contributed by atoms with E-state index in [-0.39, 0.29) is 6.29 Å². The Morgan fingerprint density at radius 1 is 1.09 bits per heavy atom. The third-order valence-corrected chi connectivity index (χ3v) is 4.29. The molecule has 122 valence electrons. The molecule has 1 aliphatic heterocycles. The summed E-state index contributed by atoms with van der Waals surface area (Å²) >= 11 is 3.56.